The number of hydrogen-bond donors (Lipinski definition) is 2. The number of rotatable bonds is 3. The molecule has 0 spiro atoms. The van der Waals surface area contributed by atoms with Crippen molar-refractivity contribution in [2.75, 3.05) is 0 Å². The van der Waals surface area contributed by atoms with Gasteiger partial charge in [-0.1, -0.05) is 48.0 Å². The first-order valence-corrected chi connectivity index (χ1v) is 7.49. The monoisotopic (exact) mass is 272 g/mol. The Morgan fingerprint density at radius 1 is 1.11 bits per heavy atom. The van der Waals surface area contributed by atoms with Gasteiger partial charge in [0.15, 0.2) is 0 Å². The van der Waals surface area contributed by atoms with E-state index in [1.807, 2.05) is 37.3 Å². The van der Waals surface area contributed by atoms with E-state index in [-0.39, 0.29) is 0 Å². The van der Waals surface area contributed by atoms with Crippen LogP contribution < -0.4 is 5.73 Å². The molecular formula is C15H16N2OS. The fourth-order valence-corrected chi connectivity index (χ4v) is 2.87. The van der Waals surface area contributed by atoms with Crippen LogP contribution in [0.5, 0.6) is 0 Å². The van der Waals surface area contributed by atoms with Crippen LogP contribution >= 0.6 is 0 Å². The zero-order valence-corrected chi connectivity index (χ0v) is 11.5. The van der Waals surface area contributed by atoms with E-state index in [1.165, 1.54) is 5.41 Å². The van der Waals surface area contributed by atoms with E-state index in [0.717, 1.165) is 11.1 Å². The number of benzene rings is 2. The maximum atomic E-state index is 12.3. The van der Waals surface area contributed by atoms with Crippen LogP contribution in [-0.2, 0) is 9.73 Å². The maximum Gasteiger partial charge on any atom is 0.0963 e. The van der Waals surface area contributed by atoms with Gasteiger partial charge in [0, 0.05) is 11.1 Å². The molecule has 1 atom stereocenters. The van der Waals surface area contributed by atoms with Crippen LogP contribution in [0.25, 0.3) is 5.70 Å². The van der Waals surface area contributed by atoms with E-state index in [0.29, 0.717) is 10.6 Å². The van der Waals surface area contributed by atoms with Gasteiger partial charge < -0.3 is 5.73 Å². The SMILES string of the molecule is Cc1ccc(/C(N)=C\S(=N)(=O)c2ccccc2)cc1. The summed E-state index contributed by atoms with van der Waals surface area (Å²) in [6, 6.07) is 16.3. The summed E-state index contributed by atoms with van der Waals surface area (Å²) in [6.07, 6.45) is 0. The predicted octanol–water partition coefficient (Wildman–Crippen LogP) is 3.36. The minimum Gasteiger partial charge on any atom is -0.398 e. The van der Waals surface area contributed by atoms with E-state index in [4.69, 9.17) is 10.5 Å². The van der Waals surface area contributed by atoms with Crippen LogP contribution in [0.4, 0.5) is 0 Å². The summed E-state index contributed by atoms with van der Waals surface area (Å²) >= 11 is 0. The molecule has 0 aliphatic heterocycles. The summed E-state index contributed by atoms with van der Waals surface area (Å²) in [5, 5.41) is 1.33. The van der Waals surface area contributed by atoms with Gasteiger partial charge in [0.2, 0.25) is 0 Å². The van der Waals surface area contributed by atoms with Gasteiger partial charge >= 0.3 is 0 Å². The molecule has 19 heavy (non-hydrogen) atoms. The van der Waals surface area contributed by atoms with Crippen molar-refractivity contribution in [1.29, 1.82) is 4.78 Å². The molecule has 0 aliphatic rings. The highest BCUT2D eigenvalue weighted by Crippen LogP contribution is 2.17. The highest BCUT2D eigenvalue weighted by atomic mass is 32.2. The third-order valence-corrected chi connectivity index (χ3v) is 4.33. The smallest absolute Gasteiger partial charge is 0.0963 e. The van der Waals surface area contributed by atoms with Crippen LogP contribution in [-0.4, -0.2) is 4.21 Å². The Morgan fingerprint density at radius 3 is 2.26 bits per heavy atom. The van der Waals surface area contributed by atoms with Crippen molar-refractivity contribution < 1.29 is 4.21 Å². The topological polar surface area (TPSA) is 66.9 Å². The van der Waals surface area contributed by atoms with Gasteiger partial charge in [0.1, 0.15) is 0 Å². The Labute approximate surface area is 113 Å². The summed E-state index contributed by atoms with van der Waals surface area (Å²) in [5.41, 5.74) is 8.21. The molecule has 0 amide bonds. The molecule has 0 saturated heterocycles. The van der Waals surface area contributed by atoms with Gasteiger partial charge in [-0.05, 0) is 24.6 Å². The average molecular weight is 272 g/mol. The van der Waals surface area contributed by atoms with Gasteiger partial charge in [0.05, 0.1) is 14.6 Å². The predicted molar refractivity (Wildman–Crippen MR) is 78.9 cm³/mol. The van der Waals surface area contributed by atoms with E-state index >= 15 is 0 Å². The van der Waals surface area contributed by atoms with Crippen molar-refractivity contribution in [1.82, 2.24) is 0 Å². The lowest BCUT2D eigenvalue weighted by atomic mass is 10.1. The quantitative estimate of drug-likeness (QED) is 0.899. The Kier molecular flexibility index (Phi) is 3.71. The third kappa shape index (κ3) is 3.23. The first-order chi connectivity index (χ1) is 8.99. The Bertz CT molecular complexity index is 687. The van der Waals surface area contributed by atoms with Crippen LogP contribution in [0, 0.1) is 11.7 Å². The zero-order chi connectivity index (χ0) is 13.9. The normalized spacial score (nSPS) is 14.9. The van der Waals surface area contributed by atoms with Gasteiger partial charge in [-0.15, -0.1) is 0 Å². The van der Waals surface area contributed by atoms with Gasteiger partial charge in [-0.3, -0.25) is 0 Å². The number of hydrogen-bond acceptors (Lipinski definition) is 3. The van der Waals surface area contributed by atoms with Crippen molar-refractivity contribution in [3.8, 4) is 0 Å². The zero-order valence-electron chi connectivity index (χ0n) is 10.7. The van der Waals surface area contributed by atoms with Crippen LogP contribution in [0.3, 0.4) is 0 Å². The molecule has 1 unspecified atom stereocenters. The van der Waals surface area contributed by atoms with Crippen molar-refractivity contribution in [3.05, 3.63) is 71.1 Å². The molecule has 3 nitrogen and oxygen atoms in total. The summed E-state index contributed by atoms with van der Waals surface area (Å²) in [5.74, 6) is 0. The minimum absolute atomic E-state index is 0.365. The standard InChI is InChI=1S/C15H16N2OS/c1-12-7-9-13(10-8-12)15(16)11-19(17,18)14-5-3-2-4-6-14/h2-11,17H,16H2,1H3/b15-11+. The Hall–Kier alpha value is -2.07. The second-order valence-electron chi connectivity index (χ2n) is 4.35. The fourth-order valence-electron chi connectivity index (χ4n) is 1.68. The van der Waals surface area contributed by atoms with Crippen molar-refractivity contribution in [2.45, 2.75) is 11.8 Å². The summed E-state index contributed by atoms with van der Waals surface area (Å²) < 4.78 is 20.3. The first-order valence-electron chi connectivity index (χ1n) is 5.87. The summed E-state index contributed by atoms with van der Waals surface area (Å²) in [7, 11) is -3.00. The second kappa shape index (κ2) is 5.28. The number of nitrogens with one attached hydrogen (secondary N) is 1. The van der Waals surface area contributed by atoms with E-state index in [9.17, 15) is 4.21 Å². The largest absolute Gasteiger partial charge is 0.398 e. The van der Waals surface area contributed by atoms with Crippen molar-refractivity contribution in [2.24, 2.45) is 5.73 Å². The molecule has 98 valence electrons. The van der Waals surface area contributed by atoms with E-state index in [1.54, 1.807) is 24.3 Å². The molecular weight excluding hydrogens is 256 g/mol. The molecule has 2 aromatic rings. The summed E-state index contributed by atoms with van der Waals surface area (Å²) in [6.45, 7) is 1.99. The lowest BCUT2D eigenvalue weighted by molar-refractivity contribution is 0.681. The summed E-state index contributed by atoms with van der Waals surface area (Å²) in [4.78, 5) is 0.463. The Morgan fingerprint density at radius 2 is 1.68 bits per heavy atom. The van der Waals surface area contributed by atoms with Gasteiger partial charge in [-0.2, -0.15) is 0 Å². The molecule has 0 aliphatic carbocycles. The fraction of sp³-hybridized carbons (Fsp3) is 0.0667. The van der Waals surface area contributed by atoms with Crippen molar-refractivity contribution in [3.63, 3.8) is 0 Å². The first kappa shape index (κ1) is 13.4. The molecule has 0 aromatic heterocycles. The Balaban J connectivity index is 2.38. The lowest BCUT2D eigenvalue weighted by Gasteiger charge is -2.06. The maximum absolute atomic E-state index is 12.3. The molecule has 0 fully saturated rings. The molecule has 2 rings (SSSR count). The van der Waals surface area contributed by atoms with Crippen LogP contribution in [0.15, 0.2) is 64.9 Å². The average Bonchev–Trinajstić information content (AvgIpc) is 2.40. The minimum atomic E-state index is -3.00. The number of aryl methyl sites for hydroxylation is 1. The highest BCUT2D eigenvalue weighted by molar-refractivity contribution is 7.95. The van der Waals surface area contributed by atoms with Crippen LogP contribution in [0.1, 0.15) is 11.1 Å². The molecule has 3 N–H and O–H groups in total. The number of nitrogens with two attached hydrogens (primary N) is 1. The lowest BCUT2D eigenvalue weighted by Crippen LogP contribution is -2.02. The molecule has 0 saturated carbocycles. The van der Waals surface area contributed by atoms with E-state index in [2.05, 4.69) is 0 Å². The highest BCUT2D eigenvalue weighted by Gasteiger charge is 2.08. The molecule has 4 heteroatoms. The van der Waals surface area contributed by atoms with Crippen molar-refractivity contribution >= 4 is 15.4 Å². The van der Waals surface area contributed by atoms with E-state index < -0.39 is 9.73 Å². The molecule has 2 aromatic carbocycles. The molecule has 0 heterocycles. The molecule has 0 radical (unpaired) electrons. The molecule has 0 bridgehead atoms. The third-order valence-electron chi connectivity index (χ3n) is 2.77. The second-order valence-corrected chi connectivity index (χ2v) is 6.26. The van der Waals surface area contributed by atoms with Crippen LogP contribution in [0.2, 0.25) is 0 Å². The van der Waals surface area contributed by atoms with Gasteiger partial charge in [-0.25, -0.2) is 8.99 Å². The van der Waals surface area contributed by atoms with Gasteiger partial charge in [0.25, 0.3) is 0 Å².